The van der Waals surface area contributed by atoms with E-state index >= 15 is 0 Å². The number of aryl methyl sites for hydroxylation is 5. The monoisotopic (exact) mass is 450 g/mol. The fourth-order valence-corrected chi connectivity index (χ4v) is 5.04. The average molecular weight is 451 g/mol. The highest BCUT2D eigenvalue weighted by molar-refractivity contribution is 7.92. The second-order valence-corrected chi connectivity index (χ2v) is 10.1. The van der Waals surface area contributed by atoms with Crippen LogP contribution in [-0.4, -0.2) is 14.3 Å². The lowest BCUT2D eigenvalue weighted by Gasteiger charge is -2.18. The normalized spacial score (nSPS) is 12.3. The molecule has 0 bridgehead atoms. The molecule has 0 unspecified atom stereocenters. The quantitative estimate of drug-likeness (QED) is 0.519. The third-order valence-electron chi connectivity index (χ3n) is 5.74. The van der Waals surface area contributed by atoms with Crippen LogP contribution in [-0.2, 0) is 10.0 Å². The van der Waals surface area contributed by atoms with E-state index in [2.05, 4.69) is 16.1 Å². The molecule has 0 aliphatic heterocycles. The van der Waals surface area contributed by atoms with E-state index in [-0.39, 0.29) is 16.8 Å². The van der Waals surface area contributed by atoms with Crippen LogP contribution in [0.1, 0.15) is 56.7 Å². The smallest absolute Gasteiger partial charge is 0.262 e. The van der Waals surface area contributed by atoms with Gasteiger partial charge in [-0.3, -0.25) is 9.52 Å². The van der Waals surface area contributed by atoms with Crippen molar-refractivity contribution in [2.75, 3.05) is 4.72 Å². The van der Waals surface area contributed by atoms with Crippen LogP contribution in [0.3, 0.4) is 0 Å². The number of rotatable bonds is 6. The van der Waals surface area contributed by atoms with E-state index in [1.165, 1.54) is 6.07 Å². The lowest BCUT2D eigenvalue weighted by molar-refractivity contribution is 0.0939. The van der Waals surface area contributed by atoms with Crippen molar-refractivity contribution in [2.45, 2.75) is 52.5 Å². The maximum absolute atomic E-state index is 13.1. The van der Waals surface area contributed by atoms with Gasteiger partial charge in [0.1, 0.15) is 0 Å². The van der Waals surface area contributed by atoms with Gasteiger partial charge in [-0.2, -0.15) is 0 Å². The summed E-state index contributed by atoms with van der Waals surface area (Å²) in [5.41, 5.74) is 6.73. The Morgan fingerprint density at radius 3 is 2.12 bits per heavy atom. The second kappa shape index (κ2) is 9.17. The molecule has 2 N–H and O–H groups in total. The standard InChI is InChI=1S/C26H30N2O3S/c1-16-7-12-24(20(5)13-16)21(6)27-26(29)22-10-8-18(3)25(15-22)32(30,31)28-23-11-9-17(2)19(4)14-23/h7-15,21,28H,1-6H3,(H,27,29)/t21-/m0/s1. The molecule has 0 aliphatic carbocycles. The van der Waals surface area contributed by atoms with Gasteiger partial charge in [0.25, 0.3) is 15.9 Å². The number of sulfonamides is 1. The second-order valence-electron chi connectivity index (χ2n) is 8.44. The van der Waals surface area contributed by atoms with E-state index in [4.69, 9.17) is 0 Å². The van der Waals surface area contributed by atoms with Crippen LogP contribution in [0.5, 0.6) is 0 Å². The first-order chi connectivity index (χ1) is 15.0. The van der Waals surface area contributed by atoms with E-state index in [9.17, 15) is 13.2 Å². The molecule has 1 amide bonds. The SMILES string of the molecule is Cc1ccc([C@H](C)NC(=O)c2ccc(C)c(S(=O)(=O)Nc3ccc(C)c(C)c3)c2)c(C)c1. The zero-order chi connectivity index (χ0) is 23.6. The molecule has 3 aromatic rings. The minimum absolute atomic E-state index is 0.0857. The van der Waals surface area contributed by atoms with Crippen LogP contribution in [0.2, 0.25) is 0 Å². The highest BCUT2D eigenvalue weighted by atomic mass is 32.2. The van der Waals surface area contributed by atoms with E-state index in [0.29, 0.717) is 16.8 Å². The number of nitrogens with one attached hydrogen (secondary N) is 2. The molecule has 32 heavy (non-hydrogen) atoms. The zero-order valence-corrected chi connectivity index (χ0v) is 20.2. The molecule has 0 aliphatic rings. The summed E-state index contributed by atoms with van der Waals surface area (Å²) in [7, 11) is -3.85. The van der Waals surface area contributed by atoms with Crippen molar-refractivity contribution in [1.29, 1.82) is 0 Å². The maximum atomic E-state index is 13.1. The van der Waals surface area contributed by atoms with E-state index in [1.807, 2.05) is 52.8 Å². The summed E-state index contributed by atoms with van der Waals surface area (Å²) in [5, 5.41) is 2.98. The Labute approximate surface area is 190 Å². The Morgan fingerprint density at radius 1 is 0.781 bits per heavy atom. The Morgan fingerprint density at radius 2 is 1.47 bits per heavy atom. The highest BCUT2D eigenvalue weighted by Gasteiger charge is 2.21. The predicted molar refractivity (Wildman–Crippen MR) is 130 cm³/mol. The summed E-state index contributed by atoms with van der Waals surface area (Å²) >= 11 is 0. The zero-order valence-electron chi connectivity index (χ0n) is 19.4. The summed E-state index contributed by atoms with van der Waals surface area (Å²) in [6.45, 7) is 11.6. The summed E-state index contributed by atoms with van der Waals surface area (Å²) in [5.74, 6) is -0.319. The minimum atomic E-state index is -3.85. The lowest BCUT2D eigenvalue weighted by Crippen LogP contribution is -2.27. The van der Waals surface area contributed by atoms with Crippen LogP contribution in [0.4, 0.5) is 5.69 Å². The molecule has 3 aromatic carbocycles. The van der Waals surface area contributed by atoms with Crippen molar-refractivity contribution in [3.05, 3.63) is 93.5 Å². The molecule has 0 heterocycles. The lowest BCUT2D eigenvalue weighted by atomic mass is 10.00. The molecule has 3 rings (SSSR count). The highest BCUT2D eigenvalue weighted by Crippen LogP contribution is 2.24. The number of hydrogen-bond acceptors (Lipinski definition) is 3. The first kappa shape index (κ1) is 23.5. The summed E-state index contributed by atoms with van der Waals surface area (Å²) in [4.78, 5) is 13.0. The van der Waals surface area contributed by atoms with E-state index in [0.717, 1.165) is 27.8 Å². The number of amides is 1. The molecule has 6 heteroatoms. The number of anilines is 1. The van der Waals surface area contributed by atoms with Crippen LogP contribution in [0, 0.1) is 34.6 Å². The van der Waals surface area contributed by atoms with Gasteiger partial charge in [0, 0.05) is 11.3 Å². The molecule has 0 aromatic heterocycles. The maximum Gasteiger partial charge on any atom is 0.262 e. The van der Waals surface area contributed by atoms with Crippen molar-refractivity contribution in [1.82, 2.24) is 5.32 Å². The van der Waals surface area contributed by atoms with Gasteiger partial charge in [0.05, 0.1) is 10.9 Å². The number of benzene rings is 3. The molecular weight excluding hydrogens is 420 g/mol. The van der Waals surface area contributed by atoms with Gasteiger partial charge in [-0.05, 0) is 93.6 Å². The number of carbonyl (C=O) groups is 1. The molecule has 0 spiro atoms. The average Bonchev–Trinajstić information content (AvgIpc) is 2.70. The third kappa shape index (κ3) is 5.19. The Bertz CT molecular complexity index is 1280. The Kier molecular flexibility index (Phi) is 6.74. The van der Waals surface area contributed by atoms with Gasteiger partial charge in [-0.1, -0.05) is 35.9 Å². The first-order valence-electron chi connectivity index (χ1n) is 10.6. The van der Waals surface area contributed by atoms with Crippen molar-refractivity contribution in [2.24, 2.45) is 0 Å². The summed E-state index contributed by atoms with van der Waals surface area (Å²) < 4.78 is 28.8. The minimum Gasteiger partial charge on any atom is -0.346 e. The summed E-state index contributed by atoms with van der Waals surface area (Å²) in [6, 6.07) is 16.0. The Balaban J connectivity index is 1.85. The third-order valence-corrected chi connectivity index (χ3v) is 7.26. The van der Waals surface area contributed by atoms with Crippen LogP contribution in [0.15, 0.2) is 59.5 Å². The van der Waals surface area contributed by atoms with Crippen molar-refractivity contribution in [3.63, 3.8) is 0 Å². The Hall–Kier alpha value is -3.12. The van der Waals surface area contributed by atoms with Crippen LogP contribution in [0.25, 0.3) is 0 Å². The van der Waals surface area contributed by atoms with Crippen molar-refractivity contribution in [3.8, 4) is 0 Å². The molecule has 168 valence electrons. The van der Waals surface area contributed by atoms with Crippen LogP contribution >= 0.6 is 0 Å². The van der Waals surface area contributed by atoms with E-state index in [1.54, 1.807) is 31.2 Å². The first-order valence-corrected chi connectivity index (χ1v) is 12.0. The molecule has 1 atom stereocenters. The predicted octanol–water partition coefficient (Wildman–Crippen LogP) is 5.52. The molecule has 0 radical (unpaired) electrons. The molecule has 0 saturated heterocycles. The van der Waals surface area contributed by atoms with Gasteiger partial charge >= 0.3 is 0 Å². The van der Waals surface area contributed by atoms with Crippen molar-refractivity contribution >= 4 is 21.6 Å². The fourth-order valence-electron chi connectivity index (χ4n) is 3.72. The number of hydrogen-bond donors (Lipinski definition) is 2. The molecule has 0 saturated carbocycles. The fraction of sp³-hybridized carbons (Fsp3) is 0.269. The molecule has 5 nitrogen and oxygen atoms in total. The van der Waals surface area contributed by atoms with E-state index < -0.39 is 10.0 Å². The van der Waals surface area contributed by atoms with Gasteiger partial charge in [-0.15, -0.1) is 0 Å². The largest absolute Gasteiger partial charge is 0.346 e. The topological polar surface area (TPSA) is 75.3 Å². The van der Waals surface area contributed by atoms with Gasteiger partial charge in [0.2, 0.25) is 0 Å². The van der Waals surface area contributed by atoms with Gasteiger partial charge in [-0.25, -0.2) is 8.42 Å². The van der Waals surface area contributed by atoms with Crippen LogP contribution < -0.4 is 10.0 Å². The van der Waals surface area contributed by atoms with Gasteiger partial charge < -0.3 is 5.32 Å². The van der Waals surface area contributed by atoms with Gasteiger partial charge in [0.15, 0.2) is 0 Å². The number of carbonyl (C=O) groups excluding carboxylic acids is 1. The molecule has 0 fully saturated rings. The summed E-state index contributed by atoms with van der Waals surface area (Å²) in [6.07, 6.45) is 0. The molecular formula is C26H30N2O3S. The van der Waals surface area contributed by atoms with Crippen molar-refractivity contribution < 1.29 is 13.2 Å².